The van der Waals surface area contributed by atoms with Gasteiger partial charge in [-0.25, -0.2) is 0 Å². The van der Waals surface area contributed by atoms with Gasteiger partial charge >= 0.3 is 0 Å². The second kappa shape index (κ2) is 10.8. The highest BCUT2D eigenvalue weighted by molar-refractivity contribution is 7.86. The number of hydrogen-bond acceptors (Lipinski definition) is 3. The lowest BCUT2D eigenvalue weighted by molar-refractivity contribution is 0.483. The normalized spacial score (nSPS) is 11.0. The summed E-state index contributed by atoms with van der Waals surface area (Å²) < 4.78 is 29.9. The molecule has 4 aromatic carbocycles. The zero-order valence-electron chi connectivity index (χ0n) is 18.0. The van der Waals surface area contributed by atoms with Crippen LogP contribution in [0.4, 0.5) is 0 Å². The van der Waals surface area contributed by atoms with Crippen LogP contribution in [0.15, 0.2) is 94.7 Å². The van der Waals surface area contributed by atoms with E-state index in [1.807, 2.05) is 0 Å². The molecular formula is C26H22Cl2O3S2. The van der Waals surface area contributed by atoms with Crippen LogP contribution >= 0.6 is 35.8 Å². The van der Waals surface area contributed by atoms with E-state index in [4.69, 9.17) is 27.8 Å². The summed E-state index contributed by atoms with van der Waals surface area (Å²) in [5, 5.41) is 0.147. The fraction of sp³-hybridized carbons (Fsp3) is 0.0769. The maximum Gasteiger partial charge on any atom is 0.296 e. The van der Waals surface area contributed by atoms with Crippen molar-refractivity contribution in [2.45, 2.75) is 23.6 Å². The van der Waals surface area contributed by atoms with Gasteiger partial charge in [-0.15, -0.1) is 12.6 Å². The summed E-state index contributed by atoms with van der Waals surface area (Å²) in [5.41, 5.74) is 7.41. The van der Waals surface area contributed by atoms with Gasteiger partial charge in [0, 0.05) is 15.5 Å². The lowest BCUT2D eigenvalue weighted by Crippen LogP contribution is -1.98. The molecule has 33 heavy (non-hydrogen) atoms. The third-order valence-electron chi connectivity index (χ3n) is 4.92. The molecule has 4 aromatic rings. The number of thiol groups is 1. The van der Waals surface area contributed by atoms with Crippen LogP contribution in [-0.4, -0.2) is 13.0 Å². The minimum absolute atomic E-state index is 0.0538. The molecule has 7 heteroatoms. The Hall–Kier alpha value is -2.28. The molecule has 4 rings (SSSR count). The van der Waals surface area contributed by atoms with Crippen LogP contribution in [0.5, 0.6) is 0 Å². The third kappa shape index (κ3) is 6.62. The molecule has 0 aliphatic carbocycles. The van der Waals surface area contributed by atoms with Gasteiger partial charge in [0.1, 0.15) is 4.90 Å². The number of hydrogen-bond donors (Lipinski definition) is 2. The first-order chi connectivity index (χ1) is 15.6. The topological polar surface area (TPSA) is 54.4 Å². The highest BCUT2D eigenvalue weighted by atomic mass is 35.5. The SMILES string of the molecule is Cc1ccc(-c2cccc(S)c2-c2ccc(C)cc2)cc1.O=S(=O)(O)c1cc(Cl)ccc1Cl. The number of benzene rings is 4. The molecule has 0 radical (unpaired) electrons. The summed E-state index contributed by atoms with van der Waals surface area (Å²) in [4.78, 5) is 0.633. The summed E-state index contributed by atoms with van der Waals surface area (Å²) in [6.45, 7) is 4.22. The largest absolute Gasteiger partial charge is 0.296 e. The van der Waals surface area contributed by atoms with Crippen LogP contribution in [0.1, 0.15) is 11.1 Å². The van der Waals surface area contributed by atoms with Gasteiger partial charge in [-0.2, -0.15) is 8.42 Å². The van der Waals surface area contributed by atoms with Crippen LogP contribution in [0.2, 0.25) is 10.0 Å². The number of rotatable bonds is 3. The summed E-state index contributed by atoms with van der Waals surface area (Å²) in [6, 6.07) is 27.4. The lowest BCUT2D eigenvalue weighted by Gasteiger charge is -2.13. The minimum Gasteiger partial charge on any atom is -0.282 e. The first-order valence-corrected chi connectivity index (χ1v) is 12.6. The molecule has 0 aliphatic rings. The van der Waals surface area contributed by atoms with Gasteiger partial charge in [0.15, 0.2) is 0 Å². The minimum atomic E-state index is -4.27. The van der Waals surface area contributed by atoms with Crippen molar-refractivity contribution in [2.75, 3.05) is 0 Å². The van der Waals surface area contributed by atoms with Gasteiger partial charge in [-0.3, -0.25) is 4.55 Å². The van der Waals surface area contributed by atoms with Crippen molar-refractivity contribution >= 4 is 45.9 Å². The lowest BCUT2D eigenvalue weighted by atomic mass is 9.93. The van der Waals surface area contributed by atoms with Crippen LogP contribution in [0, 0.1) is 13.8 Å². The predicted molar refractivity (Wildman–Crippen MR) is 140 cm³/mol. The van der Waals surface area contributed by atoms with Crippen molar-refractivity contribution in [2.24, 2.45) is 0 Å². The molecule has 0 spiro atoms. The Morgan fingerprint density at radius 3 is 1.82 bits per heavy atom. The summed E-state index contributed by atoms with van der Waals surface area (Å²) >= 11 is 15.6. The van der Waals surface area contributed by atoms with Gasteiger partial charge in [0.05, 0.1) is 5.02 Å². The van der Waals surface area contributed by atoms with Gasteiger partial charge in [-0.1, -0.05) is 95.0 Å². The third-order valence-corrected chi connectivity index (χ3v) is 6.86. The molecular weight excluding hydrogens is 495 g/mol. The van der Waals surface area contributed by atoms with E-state index in [2.05, 4.69) is 93.2 Å². The first-order valence-electron chi connectivity index (χ1n) is 9.95. The highest BCUT2D eigenvalue weighted by Gasteiger charge is 2.14. The molecule has 0 unspecified atom stereocenters. The Kier molecular flexibility index (Phi) is 8.27. The smallest absolute Gasteiger partial charge is 0.282 e. The fourth-order valence-corrected chi connectivity index (χ4v) is 4.79. The molecule has 0 aliphatic heterocycles. The highest BCUT2D eigenvalue weighted by Crippen LogP contribution is 2.36. The van der Waals surface area contributed by atoms with Crippen molar-refractivity contribution in [3.8, 4) is 22.3 Å². The second-order valence-corrected chi connectivity index (χ2v) is 10.2. The Morgan fingerprint density at radius 1 is 0.758 bits per heavy atom. The van der Waals surface area contributed by atoms with Gasteiger partial charge < -0.3 is 0 Å². The molecule has 170 valence electrons. The van der Waals surface area contributed by atoms with Crippen molar-refractivity contribution in [3.05, 3.63) is 106 Å². The van der Waals surface area contributed by atoms with Crippen molar-refractivity contribution in [1.29, 1.82) is 0 Å². The Balaban J connectivity index is 0.000000218. The van der Waals surface area contributed by atoms with E-state index in [1.165, 1.54) is 45.5 Å². The molecule has 0 heterocycles. The Morgan fingerprint density at radius 2 is 1.30 bits per heavy atom. The zero-order valence-corrected chi connectivity index (χ0v) is 21.2. The molecule has 0 atom stereocenters. The standard InChI is InChI=1S/C20H18S.C6H4Cl2O3S/c1-14-6-10-16(11-7-14)18-4-3-5-19(21)20(18)17-12-8-15(2)9-13-17;7-4-1-2-5(8)6(3-4)12(9,10)11/h3-13,21H,1-2H3;1-3H,(H,9,10,11). The summed E-state index contributed by atoms with van der Waals surface area (Å²) in [6.07, 6.45) is 0. The maximum atomic E-state index is 10.6. The summed E-state index contributed by atoms with van der Waals surface area (Å²) in [5.74, 6) is 0. The number of halogens is 2. The van der Waals surface area contributed by atoms with E-state index in [0.29, 0.717) is 0 Å². The van der Waals surface area contributed by atoms with E-state index in [9.17, 15) is 8.42 Å². The quantitative estimate of drug-likeness (QED) is 0.213. The molecule has 0 fully saturated rings. The van der Waals surface area contributed by atoms with Crippen LogP contribution in [-0.2, 0) is 10.1 Å². The molecule has 0 aromatic heterocycles. The molecule has 0 amide bonds. The van der Waals surface area contributed by atoms with Crippen LogP contribution in [0.3, 0.4) is 0 Å². The molecule has 1 N–H and O–H groups in total. The molecule has 0 bridgehead atoms. The Bertz CT molecular complexity index is 1370. The number of aryl methyl sites for hydroxylation is 2. The van der Waals surface area contributed by atoms with Crippen molar-refractivity contribution in [1.82, 2.24) is 0 Å². The van der Waals surface area contributed by atoms with Gasteiger partial charge in [0.2, 0.25) is 0 Å². The monoisotopic (exact) mass is 516 g/mol. The van der Waals surface area contributed by atoms with Crippen LogP contribution < -0.4 is 0 Å². The summed E-state index contributed by atoms with van der Waals surface area (Å²) in [7, 11) is -4.27. The Labute approximate surface area is 210 Å². The molecule has 0 saturated heterocycles. The fourth-order valence-electron chi connectivity index (χ4n) is 3.21. The van der Waals surface area contributed by atoms with Crippen molar-refractivity contribution < 1.29 is 13.0 Å². The van der Waals surface area contributed by atoms with Crippen molar-refractivity contribution in [3.63, 3.8) is 0 Å². The molecule has 0 saturated carbocycles. The van der Waals surface area contributed by atoms with Crippen LogP contribution in [0.25, 0.3) is 22.3 Å². The molecule has 3 nitrogen and oxygen atoms in total. The van der Waals surface area contributed by atoms with E-state index < -0.39 is 10.1 Å². The van der Waals surface area contributed by atoms with E-state index in [-0.39, 0.29) is 14.9 Å². The van der Waals surface area contributed by atoms with E-state index >= 15 is 0 Å². The first kappa shape index (κ1) is 25.3. The van der Waals surface area contributed by atoms with E-state index in [0.717, 1.165) is 11.0 Å². The van der Waals surface area contributed by atoms with E-state index in [1.54, 1.807) is 0 Å². The zero-order chi connectivity index (χ0) is 24.2. The average molecular weight is 517 g/mol. The van der Waals surface area contributed by atoms with Gasteiger partial charge in [0.25, 0.3) is 10.1 Å². The second-order valence-electron chi connectivity index (χ2n) is 7.48. The van der Waals surface area contributed by atoms with Gasteiger partial charge in [-0.05, 0) is 54.8 Å². The average Bonchev–Trinajstić information content (AvgIpc) is 2.76. The maximum absolute atomic E-state index is 10.6. The predicted octanol–water partition coefficient (Wildman–Crippen LogP) is 8.17.